The molecule has 0 amide bonds. The Bertz CT molecular complexity index is 2220. The molecular weight excluding hydrogens is 678 g/mol. The summed E-state index contributed by atoms with van der Waals surface area (Å²) in [5.41, 5.74) is 1.32. The monoisotopic (exact) mass is 709 g/mol. The van der Waals surface area contributed by atoms with Gasteiger partial charge in [0.2, 0.25) is 11.4 Å². The van der Waals surface area contributed by atoms with Crippen molar-refractivity contribution in [1.29, 1.82) is 0 Å². The van der Waals surface area contributed by atoms with Gasteiger partial charge in [0.15, 0.2) is 11.1 Å². The van der Waals surface area contributed by atoms with Crippen LogP contribution in [-0.2, 0) is 26.7 Å². The second-order valence-electron chi connectivity index (χ2n) is 10.6. The summed E-state index contributed by atoms with van der Waals surface area (Å²) in [5.74, 6) is 0.0584. The number of hydrogen-bond donors (Lipinski definition) is 1. The van der Waals surface area contributed by atoms with Crippen LogP contribution in [0.4, 0.5) is 5.69 Å². The molecule has 1 N–H and O–H groups in total. The number of thiophene rings is 1. The van der Waals surface area contributed by atoms with E-state index in [0.717, 1.165) is 20.5 Å². The Hall–Kier alpha value is -3.15. The van der Waals surface area contributed by atoms with Crippen molar-refractivity contribution in [2.24, 2.45) is 0 Å². The van der Waals surface area contributed by atoms with Crippen LogP contribution in [0.15, 0.2) is 75.8 Å². The fourth-order valence-electron chi connectivity index (χ4n) is 5.17. The molecule has 0 fully saturated rings. The van der Waals surface area contributed by atoms with Crippen molar-refractivity contribution in [1.82, 2.24) is 4.68 Å². The van der Waals surface area contributed by atoms with E-state index in [1.165, 1.54) is 0 Å². The molecule has 0 aliphatic carbocycles. The smallest absolute Gasteiger partial charge is 0.748 e. The molecule has 0 unspecified atom stereocenters. The zero-order valence-electron chi connectivity index (χ0n) is 26.0. The molecule has 3 heterocycles. The molecule has 1 aliphatic rings. The average Bonchev–Trinajstić information content (AvgIpc) is 3.61. The zero-order chi connectivity index (χ0) is 33.1. The minimum atomic E-state index is -4.38. The van der Waals surface area contributed by atoms with E-state index in [-0.39, 0.29) is 65.6 Å². The molecule has 16 heteroatoms. The summed E-state index contributed by atoms with van der Waals surface area (Å²) in [5, 5.41) is 2.89. The Kier molecular flexibility index (Phi) is 12.0. The second kappa shape index (κ2) is 15.4. The molecule has 5 rings (SSSR count). The summed E-state index contributed by atoms with van der Waals surface area (Å²) in [7, 11) is -4.95. The summed E-state index contributed by atoms with van der Waals surface area (Å²) in [6.45, 7) is 0.209. The normalized spacial score (nSPS) is 15.1. The van der Waals surface area contributed by atoms with Gasteiger partial charge >= 0.3 is 35.2 Å². The van der Waals surface area contributed by atoms with Crippen molar-refractivity contribution in [3.05, 3.63) is 98.3 Å². The summed E-state index contributed by atoms with van der Waals surface area (Å²) >= 11 is 1.55. The van der Waals surface area contributed by atoms with Gasteiger partial charge in [0, 0.05) is 48.1 Å². The number of para-hydroxylation sites is 2. The Balaban J connectivity index is 0.00000500. The third kappa shape index (κ3) is 9.27. The van der Waals surface area contributed by atoms with Crippen LogP contribution in [0, 0.1) is 0 Å². The molecule has 4 aromatic rings. The van der Waals surface area contributed by atoms with E-state index in [4.69, 9.17) is 9.15 Å². The van der Waals surface area contributed by atoms with Gasteiger partial charge in [-0.05, 0) is 60.6 Å². The number of allylic oxidation sites excluding steroid dienone is 2. The van der Waals surface area contributed by atoms with Crippen molar-refractivity contribution in [3.8, 4) is 5.75 Å². The predicted molar refractivity (Wildman–Crippen MR) is 178 cm³/mol. The van der Waals surface area contributed by atoms with Gasteiger partial charge in [0.25, 0.3) is 10.1 Å². The maximum absolute atomic E-state index is 13.0. The second-order valence-corrected chi connectivity index (χ2v) is 14.8. The Morgan fingerprint density at radius 3 is 2.43 bits per heavy atom. The maximum Gasteiger partial charge on any atom is 1.00 e. The first kappa shape index (κ1) is 36.7. The number of nitrogens with zero attached hydrogens (tertiary/aromatic N) is 3. The van der Waals surface area contributed by atoms with Crippen LogP contribution in [0.25, 0.3) is 28.3 Å². The Morgan fingerprint density at radius 2 is 1.70 bits per heavy atom. The van der Waals surface area contributed by atoms with Crippen molar-refractivity contribution >= 4 is 65.6 Å². The molecule has 1 aliphatic heterocycles. The van der Waals surface area contributed by atoms with Gasteiger partial charge in [-0.3, -0.25) is 4.55 Å². The van der Waals surface area contributed by atoms with Crippen molar-refractivity contribution in [2.75, 3.05) is 42.1 Å². The number of fused-ring (bicyclic) bond motifs is 2. The summed E-state index contributed by atoms with van der Waals surface area (Å²) < 4.78 is 79.4. The molecule has 2 aromatic heterocycles. The van der Waals surface area contributed by atoms with Crippen LogP contribution in [0.5, 0.6) is 5.75 Å². The molecular formula is C31H32N3NaO9S3. The summed E-state index contributed by atoms with van der Waals surface area (Å²) in [4.78, 5) is 15.7. The summed E-state index contributed by atoms with van der Waals surface area (Å²) in [6, 6.07) is 15.0. The van der Waals surface area contributed by atoms with E-state index in [1.807, 2.05) is 42.5 Å². The van der Waals surface area contributed by atoms with Gasteiger partial charge in [-0.15, -0.1) is 11.3 Å². The number of aryl methyl sites for hydroxylation is 1. The third-order valence-corrected chi connectivity index (χ3v) is 9.86. The number of ether oxygens (including phenoxy) is 1. The standard InChI is InChI=1S/C31H33N3O9S3.Na/c1-32(2)34-25(17-18-29-33(19-9-21-46(39,40)41)24-12-4-5-13-26(24)42-29)31(35)43-30(34)16-7-15-28-23(11-8-20-45(36,37)38)22-10-3-6-14-27(22)44-28;/h3-7,10,12-18H,8-9,11,19-21H2,1-2H3,(H,36,37,38)(H,39,40,41);/q;+1/p-1/b15-7+,25-17-,29-18-,30-16-;. The zero-order valence-corrected chi connectivity index (χ0v) is 30.5. The van der Waals surface area contributed by atoms with Crippen LogP contribution in [0.2, 0.25) is 0 Å². The number of rotatable bonds is 12. The number of anilines is 1. The quantitative estimate of drug-likeness (QED) is 0.151. The summed E-state index contributed by atoms with van der Waals surface area (Å²) in [6.07, 6.45) is 9.21. The largest absolute Gasteiger partial charge is 1.00 e. The molecule has 244 valence electrons. The third-order valence-electron chi connectivity index (χ3n) is 7.08. The van der Waals surface area contributed by atoms with E-state index in [2.05, 4.69) is 0 Å². The van der Waals surface area contributed by atoms with E-state index in [9.17, 15) is 30.7 Å². The van der Waals surface area contributed by atoms with Crippen LogP contribution in [0.3, 0.4) is 0 Å². The SMILES string of the molecule is CN(C)n1/c(=C/C=C/c2sc3ccccc3c2CCCS(=O)(=O)O)oc(=O)/c1=C/C=C1\Oc2ccccc2N1CCCS(=O)(=O)[O-].[Na+]. The van der Waals surface area contributed by atoms with Crippen LogP contribution < -0.4 is 60.7 Å². The minimum Gasteiger partial charge on any atom is -0.748 e. The molecule has 12 nitrogen and oxygen atoms in total. The molecule has 0 atom stereocenters. The number of oxazole rings is 1. The van der Waals surface area contributed by atoms with Gasteiger partial charge in [-0.1, -0.05) is 36.4 Å². The fraction of sp³-hybridized carbons (Fsp3) is 0.258. The Labute approximate surface area is 298 Å². The average molecular weight is 710 g/mol. The van der Waals surface area contributed by atoms with E-state index >= 15 is 0 Å². The molecule has 0 radical (unpaired) electrons. The van der Waals surface area contributed by atoms with Gasteiger partial charge in [0.1, 0.15) is 0 Å². The van der Waals surface area contributed by atoms with Crippen molar-refractivity contribution in [3.63, 3.8) is 0 Å². The first-order valence-electron chi connectivity index (χ1n) is 14.2. The van der Waals surface area contributed by atoms with Crippen LogP contribution in [-0.4, -0.2) is 62.8 Å². The number of benzene rings is 2. The van der Waals surface area contributed by atoms with Gasteiger partial charge in [-0.25, -0.2) is 17.9 Å². The number of hydrogen-bond acceptors (Lipinski definition) is 11. The van der Waals surface area contributed by atoms with Crippen molar-refractivity contribution < 1.29 is 64.7 Å². The fourth-order valence-corrected chi connectivity index (χ4v) is 7.33. The molecule has 0 saturated carbocycles. The van der Waals surface area contributed by atoms with Gasteiger partial charge in [-0.2, -0.15) is 8.42 Å². The molecule has 0 spiro atoms. The first-order valence-corrected chi connectivity index (χ1v) is 18.2. The Morgan fingerprint density at radius 1 is 0.979 bits per heavy atom. The topological polar surface area (TPSA) is 162 Å². The van der Waals surface area contributed by atoms with E-state index in [1.54, 1.807) is 76.5 Å². The maximum atomic E-state index is 13.0. The van der Waals surface area contributed by atoms with Gasteiger partial charge < -0.3 is 23.6 Å². The molecule has 0 bridgehead atoms. The van der Waals surface area contributed by atoms with Gasteiger partial charge in [0.05, 0.1) is 21.6 Å². The molecule has 2 aromatic carbocycles. The first-order chi connectivity index (χ1) is 21.8. The predicted octanol–water partition coefficient (Wildman–Crippen LogP) is -0.372. The number of aromatic nitrogens is 1. The minimum absolute atomic E-state index is 0. The van der Waals surface area contributed by atoms with Crippen LogP contribution in [0.1, 0.15) is 23.3 Å². The molecule has 47 heavy (non-hydrogen) atoms. The van der Waals surface area contributed by atoms with E-state index < -0.39 is 31.6 Å². The van der Waals surface area contributed by atoms with E-state index in [0.29, 0.717) is 23.7 Å². The van der Waals surface area contributed by atoms with Crippen molar-refractivity contribution in [2.45, 2.75) is 19.3 Å². The van der Waals surface area contributed by atoms with Crippen LogP contribution >= 0.6 is 11.3 Å². The molecule has 0 saturated heterocycles.